The topological polar surface area (TPSA) is 70.5 Å². The van der Waals surface area contributed by atoms with E-state index in [4.69, 9.17) is 4.98 Å². The smallest absolute Gasteiger partial charge is 0.306 e. The summed E-state index contributed by atoms with van der Waals surface area (Å²) in [5, 5.41) is 10.4. The Morgan fingerprint density at radius 1 is 1.19 bits per heavy atom. The number of carboxylic acid groups (broad SMARTS) is 1. The van der Waals surface area contributed by atoms with Gasteiger partial charge in [-0.25, -0.2) is 4.98 Å². The number of benzene rings is 1. The Morgan fingerprint density at radius 2 is 1.96 bits per heavy atom. The molecule has 2 aromatic rings. The van der Waals surface area contributed by atoms with Gasteiger partial charge in [0, 0.05) is 19.0 Å². The monoisotopic (exact) mass is 384 g/mol. The summed E-state index contributed by atoms with van der Waals surface area (Å²) >= 11 is 1.68. The third-order valence-electron chi connectivity index (χ3n) is 5.91. The number of aliphatic carboxylic acids is 1. The Kier molecular flexibility index (Phi) is 5.00. The fourth-order valence-corrected chi connectivity index (χ4v) is 5.50. The highest BCUT2D eigenvalue weighted by molar-refractivity contribution is 7.18. The number of aromatic nitrogens is 1. The average Bonchev–Trinajstić information content (AvgIpc) is 3.11. The lowest BCUT2D eigenvalue weighted by atomic mass is 9.80. The highest BCUT2D eigenvalue weighted by Gasteiger charge is 2.39. The fraction of sp³-hybridized carbons (Fsp3) is 0.476. The summed E-state index contributed by atoms with van der Waals surface area (Å²) in [6.07, 6.45) is 6.35. The summed E-state index contributed by atoms with van der Waals surface area (Å²) in [6, 6.07) is 8.10. The number of thiazole rings is 1. The van der Waals surface area contributed by atoms with Gasteiger partial charge in [-0.05, 0) is 37.3 Å². The molecule has 0 bridgehead atoms. The van der Waals surface area contributed by atoms with E-state index >= 15 is 0 Å². The molecule has 6 heteroatoms. The lowest BCUT2D eigenvalue weighted by Gasteiger charge is -2.38. The van der Waals surface area contributed by atoms with Crippen LogP contribution in [0.1, 0.15) is 37.1 Å². The van der Waals surface area contributed by atoms with Crippen LogP contribution in [0.5, 0.6) is 0 Å². The van der Waals surface area contributed by atoms with Gasteiger partial charge in [0.1, 0.15) is 0 Å². The number of carbonyl (C=O) groups is 2. The van der Waals surface area contributed by atoms with E-state index in [1.54, 1.807) is 11.3 Å². The first kappa shape index (κ1) is 18.2. The van der Waals surface area contributed by atoms with Gasteiger partial charge in [0.2, 0.25) is 5.91 Å². The molecule has 0 saturated carbocycles. The fourth-order valence-electron chi connectivity index (χ4n) is 4.36. The van der Waals surface area contributed by atoms with Crippen LogP contribution in [-0.4, -0.2) is 40.0 Å². The quantitative estimate of drug-likeness (QED) is 0.815. The number of piperidine rings is 1. The first-order chi connectivity index (χ1) is 13.0. The molecule has 1 aliphatic carbocycles. The van der Waals surface area contributed by atoms with Crippen LogP contribution < -0.4 is 0 Å². The first-order valence-corrected chi connectivity index (χ1v) is 10.4. The number of amides is 1. The summed E-state index contributed by atoms with van der Waals surface area (Å²) in [7, 11) is 0. The van der Waals surface area contributed by atoms with Gasteiger partial charge in [0.25, 0.3) is 0 Å². The second-order valence-corrected chi connectivity index (χ2v) is 8.73. The van der Waals surface area contributed by atoms with E-state index in [-0.39, 0.29) is 29.6 Å². The van der Waals surface area contributed by atoms with Crippen molar-refractivity contribution in [1.29, 1.82) is 0 Å². The molecular weight excluding hydrogens is 360 g/mol. The van der Waals surface area contributed by atoms with Crippen LogP contribution in [0.2, 0.25) is 0 Å². The van der Waals surface area contributed by atoms with Crippen molar-refractivity contribution < 1.29 is 14.7 Å². The third kappa shape index (κ3) is 3.50. The predicted molar refractivity (Wildman–Crippen MR) is 106 cm³/mol. The number of nitrogens with zero attached hydrogens (tertiary/aromatic N) is 2. The molecule has 4 atom stereocenters. The van der Waals surface area contributed by atoms with Crippen molar-refractivity contribution in [3.8, 4) is 0 Å². The van der Waals surface area contributed by atoms with Crippen molar-refractivity contribution in [2.45, 2.75) is 32.1 Å². The maximum Gasteiger partial charge on any atom is 0.306 e. The average molecular weight is 385 g/mol. The van der Waals surface area contributed by atoms with Crippen molar-refractivity contribution in [1.82, 2.24) is 9.88 Å². The number of allylic oxidation sites excluding steroid dienone is 2. The molecule has 142 valence electrons. The maximum atomic E-state index is 13.3. The largest absolute Gasteiger partial charge is 0.481 e. The van der Waals surface area contributed by atoms with Gasteiger partial charge < -0.3 is 10.0 Å². The van der Waals surface area contributed by atoms with E-state index in [9.17, 15) is 14.7 Å². The Hall–Kier alpha value is -2.21. The van der Waals surface area contributed by atoms with Crippen LogP contribution in [0, 0.1) is 17.8 Å². The molecule has 1 aliphatic heterocycles. The predicted octanol–water partition coefficient (Wildman–Crippen LogP) is 3.92. The molecule has 4 unspecified atom stereocenters. The Bertz CT molecular complexity index is 857. The van der Waals surface area contributed by atoms with Gasteiger partial charge in [0.05, 0.1) is 27.1 Å². The van der Waals surface area contributed by atoms with Crippen LogP contribution in [-0.2, 0) is 9.59 Å². The van der Waals surface area contributed by atoms with Crippen LogP contribution in [0.15, 0.2) is 36.4 Å². The van der Waals surface area contributed by atoms with Gasteiger partial charge in [-0.3, -0.25) is 9.59 Å². The first-order valence-electron chi connectivity index (χ1n) is 9.56. The van der Waals surface area contributed by atoms with Crippen LogP contribution in [0.25, 0.3) is 10.2 Å². The normalized spacial score (nSPS) is 28.4. The van der Waals surface area contributed by atoms with E-state index in [2.05, 4.69) is 18.2 Å². The number of likely N-dealkylation sites (tertiary alicyclic amines) is 1. The molecule has 2 heterocycles. The standard InChI is InChI=1S/C21H24N2O3S/c1-13-12-23(11-10-14(13)21(25)26)20(24)16-7-3-2-6-15(16)19-22-17-8-4-5-9-18(17)27-19/h2-5,8-9,13-16H,6-7,10-12H2,1H3,(H,25,26). The lowest BCUT2D eigenvalue weighted by Crippen LogP contribution is -2.48. The number of hydrogen-bond acceptors (Lipinski definition) is 4. The number of hydrogen-bond donors (Lipinski definition) is 1. The van der Waals surface area contributed by atoms with Gasteiger partial charge in [-0.2, -0.15) is 0 Å². The van der Waals surface area contributed by atoms with Crippen molar-refractivity contribution in [2.24, 2.45) is 17.8 Å². The van der Waals surface area contributed by atoms with Gasteiger partial charge in [-0.1, -0.05) is 31.2 Å². The van der Waals surface area contributed by atoms with E-state index in [1.807, 2.05) is 30.0 Å². The molecule has 1 N–H and O–H groups in total. The minimum absolute atomic E-state index is 0.0137. The number of carboxylic acids is 1. The molecule has 1 amide bonds. The van der Waals surface area contributed by atoms with Gasteiger partial charge in [0.15, 0.2) is 0 Å². The summed E-state index contributed by atoms with van der Waals surface area (Å²) < 4.78 is 1.16. The number of carbonyl (C=O) groups excluding carboxylic acids is 1. The van der Waals surface area contributed by atoms with Gasteiger partial charge >= 0.3 is 5.97 Å². The van der Waals surface area contributed by atoms with Crippen molar-refractivity contribution in [2.75, 3.05) is 13.1 Å². The molecule has 1 aromatic heterocycles. The van der Waals surface area contributed by atoms with Crippen LogP contribution >= 0.6 is 11.3 Å². The molecule has 1 aromatic carbocycles. The Balaban J connectivity index is 1.55. The molecule has 4 rings (SSSR count). The molecule has 2 aliphatic rings. The molecule has 1 fully saturated rings. The molecular formula is C21H24N2O3S. The van der Waals surface area contributed by atoms with Crippen molar-refractivity contribution in [3.63, 3.8) is 0 Å². The summed E-state index contributed by atoms with van der Waals surface area (Å²) in [5.41, 5.74) is 0.995. The molecule has 0 radical (unpaired) electrons. The molecule has 1 saturated heterocycles. The maximum absolute atomic E-state index is 13.3. The van der Waals surface area contributed by atoms with E-state index in [1.165, 1.54) is 0 Å². The van der Waals surface area contributed by atoms with Crippen molar-refractivity contribution in [3.05, 3.63) is 41.4 Å². The molecule has 27 heavy (non-hydrogen) atoms. The third-order valence-corrected chi connectivity index (χ3v) is 7.08. The zero-order chi connectivity index (χ0) is 19.0. The summed E-state index contributed by atoms with van der Waals surface area (Å²) in [4.78, 5) is 31.3. The number of rotatable bonds is 3. The SMILES string of the molecule is CC1CN(C(=O)C2CC=CCC2c2nc3ccccc3s2)CCC1C(=O)O. The zero-order valence-corrected chi connectivity index (χ0v) is 16.2. The van der Waals surface area contributed by atoms with Crippen LogP contribution in [0.3, 0.4) is 0 Å². The molecule has 5 nitrogen and oxygen atoms in total. The van der Waals surface area contributed by atoms with Gasteiger partial charge in [-0.15, -0.1) is 11.3 Å². The zero-order valence-electron chi connectivity index (χ0n) is 15.4. The van der Waals surface area contributed by atoms with E-state index in [0.717, 1.165) is 28.1 Å². The number of para-hydroxylation sites is 1. The second kappa shape index (κ2) is 7.43. The highest BCUT2D eigenvalue weighted by Crippen LogP contribution is 2.40. The number of fused-ring (bicyclic) bond motifs is 1. The second-order valence-electron chi connectivity index (χ2n) is 7.67. The lowest BCUT2D eigenvalue weighted by molar-refractivity contribution is -0.149. The van der Waals surface area contributed by atoms with Crippen LogP contribution in [0.4, 0.5) is 0 Å². The Labute approximate surface area is 162 Å². The Morgan fingerprint density at radius 3 is 2.70 bits per heavy atom. The van der Waals surface area contributed by atoms with E-state index < -0.39 is 5.97 Å². The summed E-state index contributed by atoms with van der Waals surface area (Å²) in [5.74, 6) is -0.959. The highest BCUT2D eigenvalue weighted by atomic mass is 32.1. The van der Waals surface area contributed by atoms with E-state index in [0.29, 0.717) is 19.5 Å². The van der Waals surface area contributed by atoms with Crippen molar-refractivity contribution >= 4 is 33.4 Å². The minimum atomic E-state index is -0.748. The molecule has 0 spiro atoms. The summed E-state index contributed by atoms with van der Waals surface area (Å²) in [6.45, 7) is 3.00. The minimum Gasteiger partial charge on any atom is -0.481 e.